The third-order valence-corrected chi connectivity index (χ3v) is 2.35. The number of aliphatic hydroxyl groups is 2. The quantitative estimate of drug-likeness (QED) is 0.498. The molecule has 2 aromatic rings. The van der Waals surface area contributed by atoms with Crippen LogP contribution in [-0.4, -0.2) is 36.5 Å². The van der Waals surface area contributed by atoms with Crippen molar-refractivity contribution < 1.29 is 10.2 Å². The summed E-state index contributed by atoms with van der Waals surface area (Å²) in [5, 5.41) is 34.0. The smallest absolute Gasteiger partial charge is 0.185 e. The normalized spacial score (nSPS) is 14.6. The van der Waals surface area contributed by atoms with Crippen molar-refractivity contribution >= 4 is 22.6 Å². The highest BCUT2D eigenvalue weighted by Gasteiger charge is 2.24. The van der Waals surface area contributed by atoms with Gasteiger partial charge >= 0.3 is 0 Å². The first-order chi connectivity index (χ1) is 7.65. The van der Waals surface area contributed by atoms with Crippen LogP contribution in [0.2, 0.25) is 5.15 Å². The Morgan fingerprint density at radius 1 is 1.44 bits per heavy atom. The van der Waals surface area contributed by atoms with Crippen molar-refractivity contribution in [2.75, 3.05) is 0 Å². The standard InChI is InChI=1S/C8H6ClN5O2/c9-7-4-5(6(16)3(15)1-10)13-14-8(4)12-2-11-7/h2-3,6,15-16H,(H,11,12,13,14). The maximum absolute atomic E-state index is 9.64. The van der Waals surface area contributed by atoms with Crippen LogP contribution in [0.25, 0.3) is 11.0 Å². The van der Waals surface area contributed by atoms with E-state index in [-0.39, 0.29) is 16.5 Å². The zero-order valence-corrected chi connectivity index (χ0v) is 8.55. The van der Waals surface area contributed by atoms with Gasteiger partial charge in [0.25, 0.3) is 0 Å². The van der Waals surface area contributed by atoms with Gasteiger partial charge in [-0.25, -0.2) is 9.97 Å². The Balaban J connectivity index is 2.58. The molecule has 0 amide bonds. The van der Waals surface area contributed by atoms with Crippen molar-refractivity contribution in [2.24, 2.45) is 0 Å². The molecule has 0 aliphatic rings. The Hall–Kier alpha value is -1.75. The minimum absolute atomic E-state index is 0.0953. The lowest BCUT2D eigenvalue weighted by Gasteiger charge is -2.09. The van der Waals surface area contributed by atoms with Crippen LogP contribution in [-0.2, 0) is 0 Å². The average molecular weight is 240 g/mol. The van der Waals surface area contributed by atoms with Gasteiger partial charge in [0.05, 0.1) is 17.1 Å². The van der Waals surface area contributed by atoms with Gasteiger partial charge in [0.2, 0.25) is 0 Å². The first-order valence-corrected chi connectivity index (χ1v) is 4.63. The van der Waals surface area contributed by atoms with Crippen LogP contribution in [0, 0.1) is 11.3 Å². The van der Waals surface area contributed by atoms with E-state index in [4.69, 9.17) is 16.9 Å². The minimum Gasteiger partial charge on any atom is -0.383 e. The van der Waals surface area contributed by atoms with Crippen molar-refractivity contribution in [3.8, 4) is 6.07 Å². The van der Waals surface area contributed by atoms with Crippen molar-refractivity contribution in [3.05, 3.63) is 17.2 Å². The summed E-state index contributed by atoms with van der Waals surface area (Å²) in [5.41, 5.74) is 0.383. The number of nitrogens with zero attached hydrogens (tertiary/aromatic N) is 4. The number of fused-ring (bicyclic) bond motifs is 1. The van der Waals surface area contributed by atoms with Crippen molar-refractivity contribution in [1.82, 2.24) is 20.2 Å². The number of hydrogen-bond donors (Lipinski definition) is 3. The second-order valence-electron chi connectivity index (χ2n) is 3.02. The summed E-state index contributed by atoms with van der Waals surface area (Å²) in [5.74, 6) is 0. The molecular weight excluding hydrogens is 234 g/mol. The third kappa shape index (κ3) is 1.59. The Morgan fingerprint density at radius 3 is 2.88 bits per heavy atom. The number of nitrogens with one attached hydrogen (secondary N) is 1. The minimum atomic E-state index is -1.57. The molecular formula is C8H6ClN5O2. The molecule has 0 fully saturated rings. The van der Waals surface area contributed by atoms with Crippen LogP contribution in [0.3, 0.4) is 0 Å². The molecule has 0 saturated carbocycles. The lowest BCUT2D eigenvalue weighted by Crippen LogP contribution is -2.16. The Bertz CT molecular complexity index is 563. The van der Waals surface area contributed by atoms with Crippen LogP contribution < -0.4 is 0 Å². The molecule has 0 saturated heterocycles. The Labute approximate surface area is 94.3 Å². The van der Waals surface area contributed by atoms with Crippen molar-refractivity contribution in [3.63, 3.8) is 0 Å². The molecule has 2 aromatic heterocycles. The zero-order valence-electron chi connectivity index (χ0n) is 7.79. The largest absolute Gasteiger partial charge is 0.383 e. The average Bonchev–Trinajstić information content (AvgIpc) is 2.72. The van der Waals surface area contributed by atoms with E-state index in [2.05, 4.69) is 20.2 Å². The number of halogens is 1. The summed E-state index contributed by atoms with van der Waals surface area (Å²) < 4.78 is 0. The van der Waals surface area contributed by atoms with Gasteiger partial charge in [0, 0.05) is 0 Å². The molecule has 0 aliphatic carbocycles. The molecule has 8 heteroatoms. The molecule has 0 bridgehead atoms. The van der Waals surface area contributed by atoms with E-state index >= 15 is 0 Å². The zero-order chi connectivity index (χ0) is 11.7. The summed E-state index contributed by atoms with van der Waals surface area (Å²) >= 11 is 5.81. The molecule has 0 aliphatic heterocycles. The van der Waals surface area contributed by atoms with Gasteiger partial charge in [-0.1, -0.05) is 11.6 Å². The monoisotopic (exact) mass is 239 g/mol. The third-order valence-electron chi connectivity index (χ3n) is 2.06. The molecule has 0 spiro atoms. The van der Waals surface area contributed by atoms with Crippen molar-refractivity contribution in [2.45, 2.75) is 12.2 Å². The van der Waals surface area contributed by atoms with E-state index in [1.54, 1.807) is 0 Å². The molecule has 7 nitrogen and oxygen atoms in total. The van der Waals surface area contributed by atoms with E-state index in [9.17, 15) is 10.2 Å². The second kappa shape index (κ2) is 4.02. The number of aliphatic hydroxyl groups excluding tert-OH is 2. The highest BCUT2D eigenvalue weighted by atomic mass is 35.5. The maximum atomic E-state index is 9.64. The van der Waals surface area contributed by atoms with Crippen LogP contribution in [0.1, 0.15) is 11.8 Å². The van der Waals surface area contributed by atoms with Crippen LogP contribution >= 0.6 is 11.6 Å². The van der Waals surface area contributed by atoms with Gasteiger partial charge in [-0.15, -0.1) is 0 Å². The van der Waals surface area contributed by atoms with E-state index < -0.39 is 12.2 Å². The molecule has 82 valence electrons. The van der Waals surface area contributed by atoms with Crippen LogP contribution in [0.15, 0.2) is 6.33 Å². The van der Waals surface area contributed by atoms with E-state index in [1.807, 2.05) is 0 Å². The van der Waals surface area contributed by atoms with Gasteiger partial charge < -0.3 is 10.2 Å². The van der Waals surface area contributed by atoms with Gasteiger partial charge in [-0.2, -0.15) is 10.4 Å². The predicted molar refractivity (Wildman–Crippen MR) is 53.3 cm³/mol. The van der Waals surface area contributed by atoms with Gasteiger partial charge in [-0.05, 0) is 0 Å². The van der Waals surface area contributed by atoms with Gasteiger partial charge in [-0.3, -0.25) is 5.10 Å². The molecule has 2 atom stereocenters. The summed E-state index contributed by atoms with van der Waals surface area (Å²) in [6.07, 6.45) is -1.78. The Morgan fingerprint density at radius 2 is 2.19 bits per heavy atom. The van der Waals surface area contributed by atoms with Crippen LogP contribution in [0.4, 0.5) is 0 Å². The number of aromatic nitrogens is 4. The summed E-state index contributed by atoms with van der Waals surface area (Å²) in [4.78, 5) is 7.54. The summed E-state index contributed by atoms with van der Waals surface area (Å²) in [7, 11) is 0. The molecule has 2 rings (SSSR count). The second-order valence-corrected chi connectivity index (χ2v) is 3.38. The maximum Gasteiger partial charge on any atom is 0.185 e. The van der Waals surface area contributed by atoms with Gasteiger partial charge in [0.15, 0.2) is 11.8 Å². The van der Waals surface area contributed by atoms with Gasteiger partial charge in [0.1, 0.15) is 17.6 Å². The number of rotatable bonds is 2. The number of H-pyrrole nitrogens is 1. The summed E-state index contributed by atoms with van der Waals surface area (Å²) in [6, 6.07) is 1.51. The topological polar surface area (TPSA) is 119 Å². The fourth-order valence-corrected chi connectivity index (χ4v) is 1.51. The molecule has 0 aromatic carbocycles. The molecule has 3 N–H and O–H groups in total. The highest BCUT2D eigenvalue weighted by molar-refractivity contribution is 6.34. The van der Waals surface area contributed by atoms with Crippen molar-refractivity contribution in [1.29, 1.82) is 5.26 Å². The Kier molecular flexibility index (Phi) is 2.70. The number of hydrogen-bond acceptors (Lipinski definition) is 6. The fourth-order valence-electron chi connectivity index (χ4n) is 1.28. The molecule has 2 unspecified atom stereocenters. The SMILES string of the molecule is N#CC(O)C(O)c1[nH]nc2ncnc(Cl)c12. The van der Waals surface area contributed by atoms with E-state index in [0.29, 0.717) is 5.39 Å². The predicted octanol–water partition coefficient (Wildman–Crippen LogP) is -0.0758. The lowest BCUT2D eigenvalue weighted by atomic mass is 10.1. The lowest BCUT2D eigenvalue weighted by molar-refractivity contribution is 0.0507. The summed E-state index contributed by atoms with van der Waals surface area (Å²) in [6.45, 7) is 0. The van der Waals surface area contributed by atoms with Crippen LogP contribution in [0.5, 0.6) is 0 Å². The molecule has 2 heterocycles. The highest BCUT2D eigenvalue weighted by Crippen LogP contribution is 2.27. The molecule has 16 heavy (non-hydrogen) atoms. The first kappa shape index (κ1) is 10.8. The van der Waals surface area contributed by atoms with E-state index in [0.717, 1.165) is 0 Å². The number of aromatic amines is 1. The fraction of sp³-hybridized carbons (Fsp3) is 0.250. The van der Waals surface area contributed by atoms with E-state index in [1.165, 1.54) is 12.4 Å². The number of nitriles is 1. The molecule has 0 radical (unpaired) electrons. The first-order valence-electron chi connectivity index (χ1n) is 4.25.